The van der Waals surface area contributed by atoms with Gasteiger partial charge < -0.3 is 13.2 Å². The maximum Gasteiger partial charge on any atom is 0.343 e. The van der Waals surface area contributed by atoms with Crippen LogP contribution in [-0.2, 0) is 13.2 Å². The van der Waals surface area contributed by atoms with Gasteiger partial charge in [-0.3, -0.25) is 0 Å². The fourth-order valence-electron chi connectivity index (χ4n) is 0.640. The first-order valence-corrected chi connectivity index (χ1v) is 8.92. The molecule has 0 amide bonds. The highest BCUT2D eigenvalue weighted by atomic mass is 28.5. The molecular weight excluding hydrogens is 180 g/mol. The van der Waals surface area contributed by atoms with E-state index in [9.17, 15) is 0 Å². The number of rotatable bonds is 4. The summed E-state index contributed by atoms with van der Waals surface area (Å²) in [5.74, 6) is 10.1. The summed E-state index contributed by atoms with van der Waals surface area (Å²) < 4.78 is 14.9. The molecule has 7 heteroatoms. The van der Waals surface area contributed by atoms with E-state index in [0.717, 1.165) is 0 Å². The summed E-state index contributed by atoms with van der Waals surface area (Å²) in [5.41, 5.74) is 0. The van der Waals surface area contributed by atoms with Crippen LogP contribution in [0.4, 0.5) is 0 Å². The van der Waals surface area contributed by atoms with E-state index in [-0.39, 0.29) is 0 Å². The molecule has 0 rings (SSSR count). The Morgan fingerprint density at radius 1 is 0.818 bits per heavy atom. The Morgan fingerprint density at radius 3 is 1.27 bits per heavy atom. The maximum absolute atomic E-state index is 5.51. The molecule has 0 aromatic heterocycles. The van der Waals surface area contributed by atoms with E-state index >= 15 is 0 Å². The lowest BCUT2D eigenvalue weighted by Gasteiger charge is -2.28. The Morgan fingerprint density at radius 2 is 1.09 bits per heavy atom. The lowest BCUT2D eigenvalue weighted by molar-refractivity contribution is 0.201. The van der Waals surface area contributed by atoms with Crippen LogP contribution in [0.15, 0.2) is 0 Å². The summed E-state index contributed by atoms with van der Waals surface area (Å²) in [6, 6.07) is 0. The van der Waals surface area contributed by atoms with Crippen molar-refractivity contribution in [3.8, 4) is 0 Å². The van der Waals surface area contributed by atoms with Crippen LogP contribution in [0.2, 0.25) is 26.2 Å². The molecule has 4 N–H and O–H groups in total. The lowest BCUT2D eigenvalue weighted by atomic mass is 11.9. The van der Waals surface area contributed by atoms with E-state index in [2.05, 4.69) is 0 Å². The summed E-state index contributed by atoms with van der Waals surface area (Å²) in [6.45, 7) is 7.34. The van der Waals surface area contributed by atoms with Crippen molar-refractivity contribution in [1.82, 2.24) is 0 Å². The highest BCUT2D eigenvalue weighted by molar-refractivity contribution is 6.78. The minimum atomic E-state index is -2.20. The predicted octanol–water partition coefficient (Wildman–Crippen LogP) is 0.187. The minimum Gasteiger partial charge on any atom is -0.413 e. The molecule has 11 heavy (non-hydrogen) atoms. The van der Waals surface area contributed by atoms with Gasteiger partial charge in [-0.1, -0.05) is 0 Å². The summed E-state index contributed by atoms with van der Waals surface area (Å²) in [5, 5.41) is 0. The average Bonchev–Trinajstić information content (AvgIpc) is 1.86. The van der Waals surface area contributed by atoms with E-state index in [4.69, 9.17) is 25.0 Å². The van der Waals surface area contributed by atoms with Crippen LogP contribution in [0.1, 0.15) is 0 Å². The second-order valence-electron chi connectivity index (χ2n) is 3.14. The smallest absolute Gasteiger partial charge is 0.343 e. The molecule has 0 aromatic carbocycles. The fraction of sp³-hybridized carbons (Fsp3) is 1.00. The van der Waals surface area contributed by atoms with Crippen molar-refractivity contribution in [3.05, 3.63) is 0 Å². The molecule has 0 aliphatic heterocycles. The van der Waals surface area contributed by atoms with Crippen molar-refractivity contribution in [3.63, 3.8) is 0 Å². The molecule has 0 aliphatic carbocycles. The van der Waals surface area contributed by atoms with Gasteiger partial charge in [0.05, 0.1) is 0 Å². The number of hydrogen-bond donors (Lipinski definition) is 2. The molecule has 68 valence electrons. The van der Waals surface area contributed by atoms with Gasteiger partial charge in [-0.2, -0.15) is 0 Å². The molecule has 5 nitrogen and oxygen atoms in total. The van der Waals surface area contributed by atoms with Crippen molar-refractivity contribution in [1.29, 1.82) is 0 Å². The summed E-state index contributed by atoms with van der Waals surface area (Å²) >= 11 is 0. The number of hydrogen-bond acceptors (Lipinski definition) is 5. The van der Waals surface area contributed by atoms with E-state index in [1.807, 2.05) is 26.2 Å². The van der Waals surface area contributed by atoms with Crippen molar-refractivity contribution in [2.75, 3.05) is 0 Å². The van der Waals surface area contributed by atoms with Crippen LogP contribution < -0.4 is 11.8 Å². The van der Waals surface area contributed by atoms with Gasteiger partial charge in [0.25, 0.3) is 0 Å². The molecule has 0 atom stereocenters. The third-order valence-electron chi connectivity index (χ3n) is 1.06. The monoisotopic (exact) mass is 196 g/mol. The Labute approximate surface area is 69.0 Å². The van der Waals surface area contributed by atoms with Crippen LogP contribution in [0, 0.1) is 0 Å². The number of nitrogens with two attached hydrogens (primary N) is 2. The molecule has 0 bridgehead atoms. The van der Waals surface area contributed by atoms with E-state index in [0.29, 0.717) is 0 Å². The molecule has 0 heterocycles. The van der Waals surface area contributed by atoms with Crippen molar-refractivity contribution >= 4 is 17.1 Å². The van der Waals surface area contributed by atoms with E-state index < -0.39 is 17.1 Å². The molecule has 0 saturated heterocycles. The first kappa shape index (κ1) is 11.2. The van der Waals surface area contributed by atoms with Crippen molar-refractivity contribution in [2.45, 2.75) is 26.2 Å². The third kappa shape index (κ3) is 4.64. The third-order valence-corrected chi connectivity index (χ3v) is 6.13. The molecular formula is C4H16N2O3Si2. The highest BCUT2D eigenvalue weighted by Gasteiger charge is 2.35. The van der Waals surface area contributed by atoms with E-state index in [1.54, 1.807) is 0 Å². The van der Waals surface area contributed by atoms with Crippen LogP contribution in [0.25, 0.3) is 0 Å². The van der Waals surface area contributed by atoms with Crippen molar-refractivity contribution in [2.24, 2.45) is 11.8 Å². The first-order chi connectivity index (χ1) is 4.83. The van der Waals surface area contributed by atoms with Crippen LogP contribution >= 0.6 is 0 Å². The predicted molar refractivity (Wildman–Crippen MR) is 46.6 cm³/mol. The second kappa shape index (κ2) is 3.76. The van der Waals surface area contributed by atoms with Gasteiger partial charge in [-0.25, -0.2) is 11.8 Å². The quantitative estimate of drug-likeness (QED) is 0.495. The van der Waals surface area contributed by atoms with Gasteiger partial charge in [0.2, 0.25) is 0 Å². The minimum absolute atomic E-state index is 1.83. The average molecular weight is 196 g/mol. The van der Waals surface area contributed by atoms with Crippen LogP contribution in [-0.4, -0.2) is 17.1 Å². The van der Waals surface area contributed by atoms with Crippen molar-refractivity contribution < 1.29 is 13.2 Å². The summed E-state index contributed by atoms with van der Waals surface area (Å²) in [4.78, 5) is 0. The maximum atomic E-state index is 5.51. The lowest BCUT2D eigenvalue weighted by Crippen LogP contribution is -2.50. The normalized spacial score (nSPS) is 13.6. The van der Waals surface area contributed by atoms with E-state index in [1.165, 1.54) is 0 Å². The molecule has 0 fully saturated rings. The molecule has 0 unspecified atom stereocenters. The van der Waals surface area contributed by atoms with Gasteiger partial charge in [0, 0.05) is 0 Å². The summed E-state index contributed by atoms with van der Waals surface area (Å²) in [7, 11) is -4.40. The fourth-order valence-corrected chi connectivity index (χ4v) is 5.76. The topological polar surface area (TPSA) is 79.7 Å². The molecule has 0 saturated carbocycles. The standard InChI is InChI=1S/C4H16N2O3Si2/c1-10(2,7-5)9-11(3,4)8-6/h5-6H2,1-4H3. The zero-order valence-electron chi connectivity index (χ0n) is 7.38. The largest absolute Gasteiger partial charge is 0.413 e. The summed E-state index contributed by atoms with van der Waals surface area (Å²) in [6.07, 6.45) is 0. The van der Waals surface area contributed by atoms with Gasteiger partial charge >= 0.3 is 17.1 Å². The Kier molecular flexibility index (Phi) is 3.84. The zero-order chi connectivity index (χ0) is 9.12. The first-order valence-electron chi connectivity index (χ1n) is 3.29. The Bertz CT molecular complexity index is 117. The van der Waals surface area contributed by atoms with Gasteiger partial charge in [-0.15, -0.1) is 0 Å². The molecule has 0 aliphatic rings. The van der Waals surface area contributed by atoms with Gasteiger partial charge in [0.15, 0.2) is 0 Å². The SMILES string of the molecule is C[Si](C)(ON)O[Si](C)(C)ON. The zero-order valence-corrected chi connectivity index (χ0v) is 9.38. The van der Waals surface area contributed by atoms with Crippen LogP contribution in [0.5, 0.6) is 0 Å². The molecule has 0 aromatic rings. The van der Waals surface area contributed by atoms with Crippen LogP contribution in [0.3, 0.4) is 0 Å². The Balaban J connectivity index is 4.02. The molecule has 0 spiro atoms. The van der Waals surface area contributed by atoms with Gasteiger partial charge in [0.1, 0.15) is 0 Å². The second-order valence-corrected chi connectivity index (χ2v) is 10.0. The Hall–Kier alpha value is 0.234. The highest BCUT2D eigenvalue weighted by Crippen LogP contribution is 2.12. The molecule has 0 radical (unpaired) electrons. The van der Waals surface area contributed by atoms with Gasteiger partial charge in [-0.05, 0) is 26.2 Å².